The summed E-state index contributed by atoms with van der Waals surface area (Å²) < 4.78 is 2.00. The summed E-state index contributed by atoms with van der Waals surface area (Å²) in [5.74, 6) is 1.10. The van der Waals surface area contributed by atoms with Crippen LogP contribution >= 0.6 is 11.6 Å². The predicted molar refractivity (Wildman–Crippen MR) is 102 cm³/mol. The van der Waals surface area contributed by atoms with Gasteiger partial charge in [0.25, 0.3) is 0 Å². The van der Waals surface area contributed by atoms with Gasteiger partial charge in [0.1, 0.15) is 5.82 Å². The Hall–Kier alpha value is -2.33. The minimum absolute atomic E-state index is 0.747. The first kappa shape index (κ1) is 16.2. The summed E-state index contributed by atoms with van der Waals surface area (Å²) >= 11 is 6.34. The molecule has 0 atom stereocenters. The van der Waals surface area contributed by atoms with Crippen molar-refractivity contribution in [2.24, 2.45) is 0 Å². The van der Waals surface area contributed by atoms with Crippen molar-refractivity contribution in [3.63, 3.8) is 0 Å². The van der Waals surface area contributed by atoms with E-state index in [1.54, 1.807) is 0 Å². The molecule has 128 valence electrons. The highest BCUT2D eigenvalue weighted by molar-refractivity contribution is 6.31. The first-order valence-corrected chi connectivity index (χ1v) is 9.11. The van der Waals surface area contributed by atoms with E-state index in [1.807, 2.05) is 42.1 Å². The van der Waals surface area contributed by atoms with Crippen LogP contribution in [0.15, 0.2) is 42.6 Å². The van der Waals surface area contributed by atoms with Gasteiger partial charge in [0.2, 0.25) is 0 Å². The van der Waals surface area contributed by atoms with Crippen LogP contribution in [0.4, 0.5) is 5.82 Å². The molecule has 0 amide bonds. The lowest BCUT2D eigenvalue weighted by molar-refractivity contribution is 0.766. The Morgan fingerprint density at radius 3 is 2.92 bits per heavy atom. The maximum atomic E-state index is 6.34. The van der Waals surface area contributed by atoms with Crippen LogP contribution < -0.4 is 5.32 Å². The SMILES string of the molecule is Cc1ccc(-n2nc(Cc3ccccn3)c3c2NCCCC3)cc1Cl. The second-order valence-electron chi connectivity index (χ2n) is 6.50. The lowest BCUT2D eigenvalue weighted by Gasteiger charge is -2.10. The highest BCUT2D eigenvalue weighted by Gasteiger charge is 2.21. The zero-order valence-corrected chi connectivity index (χ0v) is 15.1. The second-order valence-corrected chi connectivity index (χ2v) is 6.91. The summed E-state index contributed by atoms with van der Waals surface area (Å²) in [7, 11) is 0. The average Bonchev–Trinajstić information content (AvgIpc) is 2.81. The number of fused-ring (bicyclic) bond motifs is 1. The minimum Gasteiger partial charge on any atom is -0.370 e. The van der Waals surface area contributed by atoms with Crippen molar-refractivity contribution in [2.45, 2.75) is 32.6 Å². The predicted octanol–water partition coefficient (Wildman–Crippen LogP) is 4.57. The number of hydrogen-bond acceptors (Lipinski definition) is 3. The molecule has 0 saturated carbocycles. The third kappa shape index (κ3) is 3.27. The van der Waals surface area contributed by atoms with Crippen molar-refractivity contribution in [1.82, 2.24) is 14.8 Å². The maximum Gasteiger partial charge on any atom is 0.133 e. The molecule has 5 heteroatoms. The molecule has 0 saturated heterocycles. The lowest BCUT2D eigenvalue weighted by atomic mass is 10.1. The molecule has 2 aromatic heterocycles. The smallest absolute Gasteiger partial charge is 0.133 e. The van der Waals surface area contributed by atoms with Gasteiger partial charge in [-0.3, -0.25) is 4.98 Å². The minimum atomic E-state index is 0.747. The van der Waals surface area contributed by atoms with Gasteiger partial charge in [0.05, 0.1) is 11.4 Å². The second kappa shape index (κ2) is 6.89. The lowest BCUT2D eigenvalue weighted by Crippen LogP contribution is -2.07. The van der Waals surface area contributed by atoms with Gasteiger partial charge < -0.3 is 5.32 Å². The van der Waals surface area contributed by atoms with Gasteiger partial charge >= 0.3 is 0 Å². The van der Waals surface area contributed by atoms with Crippen molar-refractivity contribution in [1.29, 1.82) is 0 Å². The number of rotatable bonds is 3. The number of aromatic nitrogens is 3. The molecule has 0 unspecified atom stereocenters. The molecule has 0 radical (unpaired) electrons. The zero-order chi connectivity index (χ0) is 17.2. The van der Waals surface area contributed by atoms with Gasteiger partial charge in [-0.2, -0.15) is 5.10 Å². The van der Waals surface area contributed by atoms with Gasteiger partial charge in [0, 0.05) is 35.4 Å². The van der Waals surface area contributed by atoms with Crippen LogP contribution in [-0.2, 0) is 12.8 Å². The Morgan fingerprint density at radius 1 is 1.20 bits per heavy atom. The summed E-state index contributed by atoms with van der Waals surface area (Å²) in [4.78, 5) is 4.46. The number of benzene rings is 1. The molecule has 1 aliphatic heterocycles. The highest BCUT2D eigenvalue weighted by Crippen LogP contribution is 2.30. The maximum absolute atomic E-state index is 6.34. The molecule has 4 rings (SSSR count). The molecule has 4 nitrogen and oxygen atoms in total. The van der Waals surface area contributed by atoms with Gasteiger partial charge in [-0.1, -0.05) is 23.7 Å². The molecule has 3 heterocycles. The fraction of sp³-hybridized carbons (Fsp3) is 0.300. The van der Waals surface area contributed by atoms with Crippen LogP contribution in [0, 0.1) is 6.92 Å². The number of anilines is 1. The molecular weight excluding hydrogens is 332 g/mol. The van der Waals surface area contributed by atoms with Crippen LogP contribution in [0.3, 0.4) is 0 Å². The summed E-state index contributed by atoms with van der Waals surface area (Å²) in [6.07, 6.45) is 5.98. The first-order chi connectivity index (χ1) is 12.2. The summed E-state index contributed by atoms with van der Waals surface area (Å²) in [5, 5.41) is 9.26. The van der Waals surface area contributed by atoms with Crippen LogP contribution in [-0.4, -0.2) is 21.3 Å². The van der Waals surface area contributed by atoms with Crippen molar-refractivity contribution in [3.05, 3.63) is 70.1 Å². The van der Waals surface area contributed by atoms with E-state index >= 15 is 0 Å². The van der Waals surface area contributed by atoms with Gasteiger partial charge in [-0.15, -0.1) is 0 Å². The van der Waals surface area contributed by atoms with Crippen molar-refractivity contribution < 1.29 is 0 Å². The Labute approximate surface area is 152 Å². The van der Waals surface area contributed by atoms with E-state index in [1.165, 1.54) is 18.4 Å². The van der Waals surface area contributed by atoms with E-state index in [0.29, 0.717) is 0 Å². The third-order valence-corrected chi connectivity index (χ3v) is 5.09. The van der Waals surface area contributed by atoms with Gasteiger partial charge in [-0.05, 0) is 56.0 Å². The Morgan fingerprint density at radius 2 is 2.12 bits per heavy atom. The zero-order valence-electron chi connectivity index (χ0n) is 14.3. The molecule has 1 N–H and O–H groups in total. The number of hydrogen-bond donors (Lipinski definition) is 1. The van der Waals surface area contributed by atoms with Gasteiger partial charge in [0.15, 0.2) is 0 Å². The normalized spacial score (nSPS) is 13.8. The fourth-order valence-electron chi connectivity index (χ4n) is 3.29. The number of nitrogens with zero attached hydrogens (tertiary/aromatic N) is 3. The molecule has 25 heavy (non-hydrogen) atoms. The first-order valence-electron chi connectivity index (χ1n) is 8.73. The van der Waals surface area contributed by atoms with Gasteiger partial charge in [-0.25, -0.2) is 4.68 Å². The fourth-order valence-corrected chi connectivity index (χ4v) is 3.46. The van der Waals surface area contributed by atoms with E-state index in [2.05, 4.69) is 22.4 Å². The number of nitrogens with one attached hydrogen (secondary N) is 1. The highest BCUT2D eigenvalue weighted by atomic mass is 35.5. The van der Waals surface area contributed by atoms with Crippen molar-refractivity contribution in [2.75, 3.05) is 11.9 Å². The van der Waals surface area contributed by atoms with Crippen molar-refractivity contribution >= 4 is 17.4 Å². The van der Waals surface area contributed by atoms with Crippen LogP contribution in [0.25, 0.3) is 5.69 Å². The molecule has 3 aromatic rings. The molecule has 0 bridgehead atoms. The molecule has 1 aliphatic rings. The van der Waals surface area contributed by atoms with E-state index in [4.69, 9.17) is 16.7 Å². The summed E-state index contributed by atoms with van der Waals surface area (Å²) in [6.45, 7) is 2.99. The third-order valence-electron chi connectivity index (χ3n) is 4.69. The van der Waals surface area contributed by atoms with E-state index in [-0.39, 0.29) is 0 Å². The molecule has 0 aliphatic carbocycles. The van der Waals surface area contributed by atoms with Crippen molar-refractivity contribution in [3.8, 4) is 5.69 Å². The monoisotopic (exact) mass is 352 g/mol. The number of aryl methyl sites for hydroxylation is 1. The molecule has 1 aromatic carbocycles. The summed E-state index contributed by atoms with van der Waals surface area (Å²) in [6, 6.07) is 12.1. The molecule has 0 spiro atoms. The number of pyridine rings is 1. The molecule has 0 fully saturated rings. The Kier molecular flexibility index (Phi) is 4.45. The van der Waals surface area contributed by atoms with Crippen LogP contribution in [0.5, 0.6) is 0 Å². The molecular formula is C20H21ClN4. The van der Waals surface area contributed by atoms with Crippen LogP contribution in [0.2, 0.25) is 5.02 Å². The quantitative estimate of drug-likeness (QED) is 0.751. The average molecular weight is 353 g/mol. The Bertz CT molecular complexity index is 886. The van der Waals surface area contributed by atoms with E-state index in [0.717, 1.165) is 52.9 Å². The largest absolute Gasteiger partial charge is 0.370 e. The van der Waals surface area contributed by atoms with E-state index < -0.39 is 0 Å². The van der Waals surface area contributed by atoms with Crippen LogP contribution in [0.1, 0.15) is 35.4 Å². The standard InChI is InChI=1S/C20H21ClN4/c1-14-8-9-16(13-18(14)21)25-20-17(7-3-5-11-23-20)19(24-25)12-15-6-2-4-10-22-15/h2,4,6,8-10,13,23H,3,5,7,11-12H2,1H3. The number of halogens is 1. The Balaban J connectivity index is 1.80. The summed E-state index contributed by atoms with van der Waals surface area (Å²) in [5.41, 5.74) is 5.51. The topological polar surface area (TPSA) is 42.7 Å². The van der Waals surface area contributed by atoms with E-state index in [9.17, 15) is 0 Å².